The van der Waals surface area contributed by atoms with Crippen LogP contribution in [0.4, 0.5) is 11.4 Å². The van der Waals surface area contributed by atoms with E-state index in [9.17, 15) is 19.7 Å². The van der Waals surface area contributed by atoms with E-state index in [1.54, 1.807) is 13.0 Å². The van der Waals surface area contributed by atoms with Crippen molar-refractivity contribution in [2.75, 3.05) is 24.6 Å². The summed E-state index contributed by atoms with van der Waals surface area (Å²) in [5.41, 5.74) is 0.382. The maximum absolute atomic E-state index is 12.0. The van der Waals surface area contributed by atoms with E-state index in [4.69, 9.17) is 4.74 Å². The Balaban J connectivity index is 2.26. The van der Waals surface area contributed by atoms with Crippen LogP contribution in [0, 0.1) is 10.1 Å². The lowest BCUT2D eigenvalue weighted by Gasteiger charge is -2.34. The van der Waals surface area contributed by atoms with E-state index in [1.165, 1.54) is 19.1 Å². The number of piperidine rings is 1. The number of nitrogens with zero attached hydrogens (tertiary/aromatic N) is 2. The van der Waals surface area contributed by atoms with Gasteiger partial charge in [-0.15, -0.1) is 0 Å². The Labute approximate surface area is 139 Å². The van der Waals surface area contributed by atoms with E-state index in [0.717, 1.165) is 19.4 Å². The van der Waals surface area contributed by atoms with Crippen molar-refractivity contribution in [3.8, 4) is 0 Å². The average molecular weight is 335 g/mol. The predicted molar refractivity (Wildman–Crippen MR) is 88.1 cm³/mol. The molecule has 1 N–H and O–H groups in total. The zero-order chi connectivity index (χ0) is 17.7. The van der Waals surface area contributed by atoms with Gasteiger partial charge in [-0.3, -0.25) is 14.9 Å². The number of hydrogen-bond acceptors (Lipinski definition) is 6. The number of carbonyl (C=O) groups excluding carboxylic acids is 2. The maximum Gasteiger partial charge on any atom is 0.345 e. The van der Waals surface area contributed by atoms with Crippen LogP contribution in [-0.4, -0.2) is 42.5 Å². The van der Waals surface area contributed by atoms with Crippen LogP contribution in [0.2, 0.25) is 0 Å². The van der Waals surface area contributed by atoms with Crippen molar-refractivity contribution >= 4 is 23.3 Å². The van der Waals surface area contributed by atoms with Crippen LogP contribution in [0.3, 0.4) is 0 Å². The van der Waals surface area contributed by atoms with Gasteiger partial charge >= 0.3 is 5.97 Å². The zero-order valence-electron chi connectivity index (χ0n) is 13.8. The van der Waals surface area contributed by atoms with Gasteiger partial charge in [0.1, 0.15) is 5.56 Å². The average Bonchev–Trinajstić information content (AvgIpc) is 2.54. The first-order valence-corrected chi connectivity index (χ1v) is 7.90. The molecule has 1 aromatic rings. The summed E-state index contributed by atoms with van der Waals surface area (Å²) in [6, 6.07) is 4.46. The third kappa shape index (κ3) is 4.21. The van der Waals surface area contributed by atoms with Gasteiger partial charge in [0.2, 0.25) is 5.91 Å². The highest BCUT2D eigenvalue weighted by Crippen LogP contribution is 2.27. The summed E-state index contributed by atoms with van der Waals surface area (Å²) in [5.74, 6) is -0.792. The summed E-state index contributed by atoms with van der Waals surface area (Å²) in [7, 11) is 0. The van der Waals surface area contributed by atoms with Crippen LogP contribution in [0.5, 0.6) is 0 Å². The highest BCUT2D eigenvalue weighted by Gasteiger charge is 2.25. The molecule has 0 radical (unpaired) electrons. The Kier molecular flexibility index (Phi) is 5.73. The molecule has 0 aromatic heterocycles. The molecule has 1 aliphatic heterocycles. The molecule has 8 nitrogen and oxygen atoms in total. The summed E-state index contributed by atoms with van der Waals surface area (Å²) in [5, 5.41) is 14.0. The molecule has 130 valence electrons. The minimum absolute atomic E-state index is 0.0254. The molecule has 1 heterocycles. The number of benzene rings is 1. The summed E-state index contributed by atoms with van der Waals surface area (Å²) in [6.45, 7) is 4.63. The van der Waals surface area contributed by atoms with Crippen molar-refractivity contribution in [1.29, 1.82) is 0 Å². The molecule has 1 fully saturated rings. The molecule has 1 aromatic carbocycles. The molecule has 8 heteroatoms. The summed E-state index contributed by atoms with van der Waals surface area (Å²) in [4.78, 5) is 35.8. The van der Waals surface area contributed by atoms with Crippen molar-refractivity contribution in [3.05, 3.63) is 33.9 Å². The fourth-order valence-corrected chi connectivity index (χ4v) is 2.87. The third-order valence-corrected chi connectivity index (χ3v) is 3.87. The lowest BCUT2D eigenvalue weighted by atomic mass is 10.0. The largest absolute Gasteiger partial charge is 0.462 e. The number of nitro benzene ring substituents is 1. The number of rotatable bonds is 5. The van der Waals surface area contributed by atoms with E-state index in [1.807, 2.05) is 4.90 Å². The van der Waals surface area contributed by atoms with E-state index in [-0.39, 0.29) is 29.8 Å². The van der Waals surface area contributed by atoms with Gasteiger partial charge in [-0.05, 0) is 31.9 Å². The van der Waals surface area contributed by atoms with Gasteiger partial charge in [-0.2, -0.15) is 0 Å². The van der Waals surface area contributed by atoms with Crippen LogP contribution in [0.25, 0.3) is 0 Å². The quantitative estimate of drug-likeness (QED) is 0.501. The second kappa shape index (κ2) is 7.76. The van der Waals surface area contributed by atoms with Gasteiger partial charge in [0.25, 0.3) is 5.69 Å². The smallest absolute Gasteiger partial charge is 0.345 e. The first-order chi connectivity index (χ1) is 11.4. The van der Waals surface area contributed by atoms with Crippen molar-refractivity contribution in [2.45, 2.75) is 32.7 Å². The number of nitrogens with one attached hydrogen (secondary N) is 1. The molecule has 1 saturated heterocycles. The number of anilines is 1. The fraction of sp³-hybridized carbons (Fsp3) is 0.500. The Morgan fingerprint density at radius 3 is 2.83 bits per heavy atom. The van der Waals surface area contributed by atoms with Crippen molar-refractivity contribution in [1.82, 2.24) is 5.32 Å². The number of esters is 1. The highest BCUT2D eigenvalue weighted by molar-refractivity contribution is 5.95. The van der Waals surface area contributed by atoms with Crippen molar-refractivity contribution < 1.29 is 19.2 Å². The zero-order valence-corrected chi connectivity index (χ0v) is 13.8. The van der Waals surface area contributed by atoms with Gasteiger partial charge in [0, 0.05) is 37.8 Å². The Morgan fingerprint density at radius 1 is 1.46 bits per heavy atom. The van der Waals surface area contributed by atoms with Crippen LogP contribution in [0.1, 0.15) is 37.0 Å². The molecular formula is C16H21N3O5. The molecule has 0 spiro atoms. The highest BCUT2D eigenvalue weighted by atomic mass is 16.6. The van der Waals surface area contributed by atoms with Gasteiger partial charge in [-0.25, -0.2) is 4.79 Å². The van der Waals surface area contributed by atoms with Gasteiger partial charge in [0.05, 0.1) is 11.5 Å². The second-order valence-electron chi connectivity index (χ2n) is 5.66. The standard InChI is InChI=1S/C16H21N3O5/c1-3-24-16(21)14-9-13(6-7-15(14)19(22)23)18-8-4-5-12(10-18)17-11(2)20/h6-7,9,12H,3-5,8,10H2,1-2H3,(H,17,20). The third-order valence-electron chi connectivity index (χ3n) is 3.87. The molecule has 0 aliphatic carbocycles. The Hall–Kier alpha value is -2.64. The molecule has 0 saturated carbocycles. The van der Waals surface area contributed by atoms with Crippen LogP contribution in [-0.2, 0) is 9.53 Å². The second-order valence-corrected chi connectivity index (χ2v) is 5.66. The molecule has 0 bridgehead atoms. The number of amides is 1. The van der Waals surface area contributed by atoms with Crippen LogP contribution in [0.15, 0.2) is 18.2 Å². The maximum atomic E-state index is 12.0. The summed E-state index contributed by atoms with van der Waals surface area (Å²) < 4.78 is 4.92. The van der Waals surface area contributed by atoms with Gasteiger partial charge in [-0.1, -0.05) is 0 Å². The first-order valence-electron chi connectivity index (χ1n) is 7.90. The molecular weight excluding hydrogens is 314 g/mol. The van der Waals surface area contributed by atoms with E-state index >= 15 is 0 Å². The van der Waals surface area contributed by atoms with Crippen molar-refractivity contribution in [2.24, 2.45) is 0 Å². The number of nitro groups is 1. The number of hydrogen-bond donors (Lipinski definition) is 1. The monoisotopic (exact) mass is 335 g/mol. The Morgan fingerprint density at radius 2 is 2.21 bits per heavy atom. The normalized spacial score (nSPS) is 17.2. The predicted octanol–water partition coefficient (Wildman–Crippen LogP) is 1.88. The molecule has 2 rings (SSSR count). The van der Waals surface area contributed by atoms with Crippen LogP contribution < -0.4 is 10.2 Å². The Bertz CT molecular complexity index is 647. The minimum Gasteiger partial charge on any atom is -0.462 e. The summed E-state index contributed by atoms with van der Waals surface area (Å²) in [6.07, 6.45) is 1.77. The van der Waals surface area contributed by atoms with Gasteiger partial charge in [0.15, 0.2) is 0 Å². The molecule has 1 aliphatic rings. The molecule has 1 amide bonds. The van der Waals surface area contributed by atoms with Crippen molar-refractivity contribution in [3.63, 3.8) is 0 Å². The van der Waals surface area contributed by atoms with Crippen LogP contribution >= 0.6 is 0 Å². The number of ether oxygens (including phenoxy) is 1. The first kappa shape index (κ1) is 17.7. The minimum atomic E-state index is -0.707. The van der Waals surface area contributed by atoms with E-state index < -0.39 is 10.9 Å². The molecule has 24 heavy (non-hydrogen) atoms. The van der Waals surface area contributed by atoms with E-state index in [2.05, 4.69) is 5.32 Å². The van der Waals surface area contributed by atoms with E-state index in [0.29, 0.717) is 12.2 Å². The lowest BCUT2D eigenvalue weighted by molar-refractivity contribution is -0.385. The number of carbonyl (C=O) groups is 2. The topological polar surface area (TPSA) is 102 Å². The molecule has 1 atom stereocenters. The fourth-order valence-electron chi connectivity index (χ4n) is 2.87. The molecule has 1 unspecified atom stereocenters. The lowest BCUT2D eigenvalue weighted by Crippen LogP contribution is -2.47. The summed E-state index contributed by atoms with van der Waals surface area (Å²) >= 11 is 0. The van der Waals surface area contributed by atoms with Gasteiger partial charge < -0.3 is 15.0 Å². The SMILES string of the molecule is CCOC(=O)c1cc(N2CCCC(NC(C)=O)C2)ccc1[N+](=O)[O-].